The molecule has 0 aliphatic carbocycles. The Morgan fingerprint density at radius 3 is 3.11 bits per heavy atom. The molecule has 2 heterocycles. The molecule has 0 spiro atoms. The molecule has 1 aromatic rings. The molecule has 2 N–H and O–H groups in total. The molecule has 1 aromatic heterocycles. The number of nitrogens with zero attached hydrogens (tertiary/aromatic N) is 1. The van der Waals surface area contributed by atoms with Crippen LogP contribution in [0.15, 0.2) is 11.6 Å². The molecule has 0 saturated carbocycles. The highest BCUT2D eigenvalue weighted by atomic mass is 32.1. The van der Waals surface area contributed by atoms with E-state index in [1.54, 1.807) is 17.5 Å². The van der Waals surface area contributed by atoms with Crippen molar-refractivity contribution in [1.29, 1.82) is 0 Å². The van der Waals surface area contributed by atoms with Crippen LogP contribution in [0.2, 0.25) is 0 Å². The van der Waals surface area contributed by atoms with Gasteiger partial charge in [-0.15, -0.1) is 11.3 Å². The molecule has 0 bridgehead atoms. The first-order valence-electron chi connectivity index (χ1n) is 6.98. The molecule has 5 heteroatoms. The molecular weight excluding hydrogens is 258 g/mol. The lowest BCUT2D eigenvalue weighted by atomic mass is 9.74. The topological polar surface area (TPSA) is 54.0 Å². The fourth-order valence-electron chi connectivity index (χ4n) is 2.54. The Labute approximate surface area is 119 Å². The molecule has 4 nitrogen and oxygen atoms in total. The van der Waals surface area contributed by atoms with Gasteiger partial charge in [0.1, 0.15) is 0 Å². The lowest BCUT2D eigenvalue weighted by molar-refractivity contribution is -0.132. The van der Waals surface area contributed by atoms with Gasteiger partial charge < -0.3 is 10.6 Å². The lowest BCUT2D eigenvalue weighted by Crippen LogP contribution is -2.47. The van der Waals surface area contributed by atoms with E-state index in [0.29, 0.717) is 12.5 Å². The van der Waals surface area contributed by atoms with Crippen LogP contribution in [0.1, 0.15) is 31.7 Å². The van der Waals surface area contributed by atoms with Gasteiger partial charge in [-0.3, -0.25) is 4.79 Å². The second-order valence-corrected chi connectivity index (χ2v) is 6.68. The van der Waals surface area contributed by atoms with Gasteiger partial charge in [0, 0.05) is 30.0 Å². The van der Waals surface area contributed by atoms with E-state index in [2.05, 4.69) is 29.5 Å². The van der Waals surface area contributed by atoms with Crippen LogP contribution in [-0.2, 0) is 11.2 Å². The van der Waals surface area contributed by atoms with Gasteiger partial charge in [-0.1, -0.05) is 13.8 Å². The lowest BCUT2D eigenvalue weighted by Gasteiger charge is -2.36. The predicted molar refractivity (Wildman–Crippen MR) is 78.2 cm³/mol. The fraction of sp³-hybridized carbons (Fsp3) is 0.714. The first kappa shape index (κ1) is 14.5. The summed E-state index contributed by atoms with van der Waals surface area (Å²) in [4.78, 5) is 16.6. The number of rotatable bonds is 5. The number of amides is 1. The maximum absolute atomic E-state index is 12.3. The summed E-state index contributed by atoms with van der Waals surface area (Å²) in [5, 5.41) is 9.49. The maximum Gasteiger partial charge on any atom is 0.225 e. The van der Waals surface area contributed by atoms with Gasteiger partial charge in [-0.05, 0) is 31.8 Å². The molecule has 106 valence electrons. The van der Waals surface area contributed by atoms with Gasteiger partial charge in [0.05, 0.1) is 5.01 Å². The second kappa shape index (κ2) is 6.48. The van der Waals surface area contributed by atoms with E-state index in [4.69, 9.17) is 0 Å². The molecule has 1 atom stereocenters. The zero-order valence-electron chi connectivity index (χ0n) is 11.7. The van der Waals surface area contributed by atoms with E-state index in [9.17, 15) is 4.79 Å². The van der Waals surface area contributed by atoms with E-state index in [0.717, 1.165) is 30.9 Å². The van der Waals surface area contributed by atoms with Crippen LogP contribution in [0.25, 0.3) is 0 Å². The normalized spacial score (nSPS) is 20.2. The van der Waals surface area contributed by atoms with Crippen molar-refractivity contribution in [2.45, 2.75) is 33.1 Å². The van der Waals surface area contributed by atoms with Crippen molar-refractivity contribution in [1.82, 2.24) is 15.6 Å². The SMILES string of the molecule is CC(C)(C(=O)NCCc1nccs1)C1CCCNC1. The highest BCUT2D eigenvalue weighted by molar-refractivity contribution is 7.09. The van der Waals surface area contributed by atoms with Gasteiger partial charge in [0.25, 0.3) is 0 Å². The Morgan fingerprint density at radius 2 is 2.47 bits per heavy atom. The van der Waals surface area contributed by atoms with Crippen LogP contribution in [-0.4, -0.2) is 30.5 Å². The van der Waals surface area contributed by atoms with Crippen molar-refractivity contribution >= 4 is 17.2 Å². The molecule has 1 saturated heterocycles. The quantitative estimate of drug-likeness (QED) is 0.866. The number of hydrogen-bond acceptors (Lipinski definition) is 4. The number of carbonyl (C=O) groups excluding carboxylic acids is 1. The van der Waals surface area contributed by atoms with Crippen LogP contribution in [0.5, 0.6) is 0 Å². The van der Waals surface area contributed by atoms with Crippen LogP contribution >= 0.6 is 11.3 Å². The van der Waals surface area contributed by atoms with Crippen LogP contribution in [0, 0.1) is 11.3 Å². The largest absolute Gasteiger partial charge is 0.355 e. The molecule has 0 aromatic carbocycles. The van der Waals surface area contributed by atoms with Gasteiger partial charge in [-0.2, -0.15) is 0 Å². The summed E-state index contributed by atoms with van der Waals surface area (Å²) in [6, 6.07) is 0. The Balaban J connectivity index is 1.80. The summed E-state index contributed by atoms with van der Waals surface area (Å²) in [5.74, 6) is 0.596. The smallest absolute Gasteiger partial charge is 0.225 e. The number of aromatic nitrogens is 1. The van der Waals surface area contributed by atoms with Crippen LogP contribution in [0.3, 0.4) is 0 Å². The third kappa shape index (κ3) is 3.76. The molecule has 1 unspecified atom stereocenters. The minimum Gasteiger partial charge on any atom is -0.355 e. The summed E-state index contributed by atoms with van der Waals surface area (Å²) in [7, 11) is 0. The molecule has 1 aliphatic heterocycles. The Kier molecular flexibility index (Phi) is 4.93. The zero-order valence-corrected chi connectivity index (χ0v) is 12.6. The minimum atomic E-state index is -0.295. The van der Waals surface area contributed by atoms with E-state index in [-0.39, 0.29) is 11.3 Å². The Bertz CT molecular complexity index is 397. The van der Waals surface area contributed by atoms with Crippen molar-refractivity contribution in [2.75, 3.05) is 19.6 Å². The van der Waals surface area contributed by atoms with Gasteiger partial charge >= 0.3 is 0 Å². The fourth-order valence-corrected chi connectivity index (χ4v) is 3.16. The highest BCUT2D eigenvalue weighted by Crippen LogP contribution is 2.31. The summed E-state index contributed by atoms with van der Waals surface area (Å²) in [6.45, 7) is 6.83. The number of nitrogens with one attached hydrogen (secondary N) is 2. The van der Waals surface area contributed by atoms with Crippen LogP contribution < -0.4 is 10.6 Å². The van der Waals surface area contributed by atoms with E-state index < -0.39 is 0 Å². The minimum absolute atomic E-state index is 0.165. The maximum atomic E-state index is 12.3. The van der Waals surface area contributed by atoms with Gasteiger partial charge in [0.2, 0.25) is 5.91 Å². The molecule has 19 heavy (non-hydrogen) atoms. The third-order valence-corrected chi connectivity index (χ3v) is 4.85. The van der Waals surface area contributed by atoms with Crippen molar-refractivity contribution in [3.05, 3.63) is 16.6 Å². The molecular formula is C14H23N3OS. The molecule has 1 fully saturated rings. The standard InChI is InChI=1S/C14H23N3OS/c1-14(2,11-4-3-6-15-10-11)13(18)17-7-5-12-16-8-9-19-12/h8-9,11,15H,3-7,10H2,1-2H3,(H,17,18). The third-order valence-electron chi connectivity index (χ3n) is 4.01. The summed E-state index contributed by atoms with van der Waals surface area (Å²) in [6.07, 6.45) is 4.93. The van der Waals surface area contributed by atoms with Crippen molar-refractivity contribution in [3.8, 4) is 0 Å². The molecule has 0 radical (unpaired) electrons. The average molecular weight is 281 g/mol. The van der Waals surface area contributed by atoms with E-state index in [1.807, 2.05) is 5.38 Å². The molecule has 2 rings (SSSR count). The highest BCUT2D eigenvalue weighted by Gasteiger charge is 2.36. The Morgan fingerprint density at radius 1 is 1.63 bits per heavy atom. The molecule has 1 aliphatic rings. The van der Waals surface area contributed by atoms with Crippen molar-refractivity contribution in [3.63, 3.8) is 0 Å². The summed E-state index contributed by atoms with van der Waals surface area (Å²) < 4.78 is 0. The molecule has 1 amide bonds. The van der Waals surface area contributed by atoms with E-state index >= 15 is 0 Å². The summed E-state index contributed by atoms with van der Waals surface area (Å²) in [5.41, 5.74) is -0.295. The number of thiazole rings is 1. The average Bonchev–Trinajstić information content (AvgIpc) is 2.93. The number of carbonyl (C=O) groups is 1. The first-order chi connectivity index (χ1) is 9.10. The monoisotopic (exact) mass is 281 g/mol. The van der Waals surface area contributed by atoms with Crippen molar-refractivity contribution in [2.24, 2.45) is 11.3 Å². The Hall–Kier alpha value is -0.940. The summed E-state index contributed by atoms with van der Waals surface area (Å²) >= 11 is 1.64. The van der Waals surface area contributed by atoms with Gasteiger partial charge in [0.15, 0.2) is 0 Å². The number of piperidine rings is 1. The van der Waals surface area contributed by atoms with E-state index in [1.165, 1.54) is 6.42 Å². The van der Waals surface area contributed by atoms with Crippen molar-refractivity contribution < 1.29 is 4.79 Å². The second-order valence-electron chi connectivity index (χ2n) is 5.70. The zero-order chi connectivity index (χ0) is 13.7. The first-order valence-corrected chi connectivity index (χ1v) is 7.86. The van der Waals surface area contributed by atoms with Crippen LogP contribution in [0.4, 0.5) is 0 Å². The number of hydrogen-bond donors (Lipinski definition) is 2. The van der Waals surface area contributed by atoms with Gasteiger partial charge in [-0.25, -0.2) is 4.98 Å². The predicted octanol–water partition coefficient (Wildman–Crippen LogP) is 1.83.